The minimum absolute atomic E-state index is 0.0940. The number of amides is 1. The summed E-state index contributed by atoms with van der Waals surface area (Å²) >= 11 is 5.74. The second-order valence-corrected chi connectivity index (χ2v) is 5.72. The third-order valence-electron chi connectivity index (χ3n) is 2.12. The third-order valence-corrected chi connectivity index (χ3v) is 3.52. The van der Waals surface area contributed by atoms with Crippen LogP contribution >= 0.6 is 24.0 Å². The molecule has 0 spiro atoms. The van der Waals surface area contributed by atoms with E-state index in [4.69, 9.17) is 22.2 Å². The lowest BCUT2D eigenvalue weighted by Gasteiger charge is -2.24. The molecule has 0 bridgehead atoms. The van der Waals surface area contributed by atoms with E-state index in [1.54, 1.807) is 6.92 Å². The largest absolute Gasteiger partial charge is 0.479 e. The number of carbonyl (C=O) groups excluding carboxylic acids is 1. The molecular weight excluding hydrogens is 313 g/mol. The zero-order valence-electron chi connectivity index (χ0n) is 11.0. The fourth-order valence-electron chi connectivity index (χ4n) is 1.35. The fraction of sp³-hybridized carbons (Fsp3) is 0.727. The maximum Gasteiger partial charge on any atom is 0.408 e. The molecule has 0 aromatic rings. The summed E-state index contributed by atoms with van der Waals surface area (Å²) in [5.74, 6) is -0.777. The van der Waals surface area contributed by atoms with E-state index in [9.17, 15) is 18.0 Å². The Labute approximate surface area is 125 Å². The number of hydrogen-bond acceptors (Lipinski definition) is 5. The molecule has 0 heterocycles. The number of hydrogen-bond donors (Lipinski definition) is 1. The normalized spacial score (nSPS) is 14.0. The zero-order chi connectivity index (χ0) is 15.8. The Hall–Kier alpha value is -1.01. The molecule has 0 saturated carbocycles. The van der Waals surface area contributed by atoms with Crippen LogP contribution in [0, 0.1) is 11.3 Å². The van der Waals surface area contributed by atoms with Gasteiger partial charge in [-0.1, -0.05) is 11.8 Å². The maximum atomic E-state index is 12.8. The summed E-state index contributed by atoms with van der Waals surface area (Å²) in [6.07, 6.45) is -5.13. The Morgan fingerprint density at radius 3 is 2.55 bits per heavy atom. The molecule has 0 aromatic heterocycles. The monoisotopic (exact) mass is 328 g/mol. The van der Waals surface area contributed by atoms with Crippen molar-refractivity contribution in [2.45, 2.75) is 44.2 Å². The van der Waals surface area contributed by atoms with Crippen LogP contribution in [-0.4, -0.2) is 34.4 Å². The van der Waals surface area contributed by atoms with Crippen molar-refractivity contribution >= 4 is 34.3 Å². The molecule has 0 fully saturated rings. The van der Waals surface area contributed by atoms with Crippen LogP contribution < -0.4 is 5.32 Å². The summed E-state index contributed by atoms with van der Waals surface area (Å²) in [7, 11) is 0. The summed E-state index contributed by atoms with van der Waals surface area (Å²) in [4.78, 5) is 10.8. The van der Waals surface area contributed by atoms with Crippen LogP contribution in [0.2, 0.25) is 0 Å². The lowest BCUT2D eigenvalue weighted by Crippen LogP contribution is -2.46. The number of nitriles is 1. The molecular formula is C11H15F3N2O2S2. The highest BCUT2D eigenvalue weighted by molar-refractivity contribution is 8.23. The first-order valence-corrected chi connectivity index (χ1v) is 7.03. The van der Waals surface area contributed by atoms with Crippen LogP contribution in [0.4, 0.5) is 13.2 Å². The van der Waals surface area contributed by atoms with Crippen molar-refractivity contribution in [3.05, 3.63) is 0 Å². The predicted molar refractivity (Wildman–Crippen MR) is 74.1 cm³/mol. The van der Waals surface area contributed by atoms with Crippen molar-refractivity contribution in [3.63, 3.8) is 0 Å². The molecule has 20 heavy (non-hydrogen) atoms. The second kappa shape index (κ2) is 9.02. The number of alkyl halides is 3. The third kappa shape index (κ3) is 8.22. The number of ether oxygens (including phenoxy) is 1. The summed E-state index contributed by atoms with van der Waals surface area (Å²) in [6, 6.07) is -0.195. The van der Waals surface area contributed by atoms with E-state index >= 15 is 0 Å². The lowest BCUT2D eigenvalue weighted by molar-refractivity contribution is -0.162. The number of rotatable bonds is 6. The van der Waals surface area contributed by atoms with E-state index in [1.165, 1.54) is 0 Å². The van der Waals surface area contributed by atoms with Crippen molar-refractivity contribution in [2.75, 3.05) is 6.61 Å². The summed E-state index contributed by atoms with van der Waals surface area (Å²) < 4.78 is 43.5. The highest BCUT2D eigenvalue weighted by Crippen LogP contribution is 2.29. The predicted octanol–water partition coefficient (Wildman–Crippen LogP) is 2.78. The number of nitrogens with zero attached hydrogens (tertiary/aromatic N) is 1. The van der Waals surface area contributed by atoms with Crippen molar-refractivity contribution < 1.29 is 22.7 Å². The van der Waals surface area contributed by atoms with Gasteiger partial charge in [-0.25, -0.2) is 0 Å². The van der Waals surface area contributed by atoms with E-state index in [0.717, 1.165) is 18.7 Å². The van der Waals surface area contributed by atoms with Gasteiger partial charge in [-0.2, -0.15) is 18.4 Å². The smallest absolute Gasteiger partial charge is 0.408 e. The van der Waals surface area contributed by atoms with Gasteiger partial charge in [0, 0.05) is 18.6 Å². The van der Waals surface area contributed by atoms with Gasteiger partial charge in [0.15, 0.2) is 0 Å². The molecule has 0 radical (unpaired) electrons. The molecule has 0 aliphatic heterocycles. The van der Waals surface area contributed by atoms with Gasteiger partial charge < -0.3 is 10.1 Å². The van der Waals surface area contributed by atoms with E-state index in [2.05, 4.69) is 0 Å². The standard InChI is InChI=1S/C11H15F3N2O2S2/c1-3-18-10(19)20-8(4-5-15)6-9(11(12,13)14)16-7(2)17/h8-9H,3-4,6H2,1-2H3,(H,16,17). The minimum Gasteiger partial charge on any atom is -0.479 e. The van der Waals surface area contributed by atoms with Crippen molar-refractivity contribution in [1.29, 1.82) is 5.26 Å². The average Bonchev–Trinajstić information content (AvgIpc) is 2.26. The lowest BCUT2D eigenvalue weighted by atomic mass is 10.1. The van der Waals surface area contributed by atoms with Gasteiger partial charge in [0.1, 0.15) is 6.04 Å². The van der Waals surface area contributed by atoms with Gasteiger partial charge in [0.2, 0.25) is 10.3 Å². The van der Waals surface area contributed by atoms with Crippen molar-refractivity contribution in [1.82, 2.24) is 5.32 Å². The van der Waals surface area contributed by atoms with Gasteiger partial charge in [0.05, 0.1) is 12.7 Å². The first kappa shape index (κ1) is 19.0. The Morgan fingerprint density at radius 2 is 2.15 bits per heavy atom. The SMILES string of the molecule is CCOC(=S)SC(CC#N)CC(NC(C)=O)C(F)(F)F. The number of carbonyl (C=O) groups is 1. The fourth-order valence-corrected chi connectivity index (χ4v) is 2.78. The van der Waals surface area contributed by atoms with Crippen LogP contribution in [0.15, 0.2) is 0 Å². The van der Waals surface area contributed by atoms with Crippen LogP contribution in [0.3, 0.4) is 0 Å². The Morgan fingerprint density at radius 1 is 1.55 bits per heavy atom. The molecule has 1 N–H and O–H groups in total. The Balaban J connectivity index is 4.78. The molecule has 0 rings (SSSR count). The maximum absolute atomic E-state index is 12.8. The van der Waals surface area contributed by atoms with Crippen LogP contribution in [0.1, 0.15) is 26.7 Å². The molecule has 2 atom stereocenters. The van der Waals surface area contributed by atoms with Gasteiger partial charge in [-0.05, 0) is 25.6 Å². The van der Waals surface area contributed by atoms with Gasteiger partial charge in [-0.3, -0.25) is 4.79 Å². The first-order chi connectivity index (χ1) is 9.20. The summed E-state index contributed by atoms with van der Waals surface area (Å²) in [6.45, 7) is 3.01. The number of nitrogens with one attached hydrogen (secondary N) is 1. The molecule has 4 nitrogen and oxygen atoms in total. The van der Waals surface area contributed by atoms with Crippen LogP contribution in [-0.2, 0) is 9.53 Å². The number of thiocarbonyl (C=S) groups is 1. The van der Waals surface area contributed by atoms with Crippen LogP contribution in [0.25, 0.3) is 0 Å². The molecule has 0 aromatic carbocycles. The number of thioether (sulfide) groups is 1. The van der Waals surface area contributed by atoms with Crippen molar-refractivity contribution in [3.8, 4) is 6.07 Å². The Kier molecular flexibility index (Phi) is 8.57. The van der Waals surface area contributed by atoms with Gasteiger partial charge >= 0.3 is 6.18 Å². The molecule has 0 aliphatic rings. The van der Waals surface area contributed by atoms with Crippen molar-refractivity contribution in [2.24, 2.45) is 0 Å². The molecule has 1 amide bonds. The molecule has 9 heteroatoms. The van der Waals surface area contributed by atoms with Gasteiger partial charge in [-0.15, -0.1) is 0 Å². The highest BCUT2D eigenvalue weighted by Gasteiger charge is 2.41. The molecule has 0 aliphatic carbocycles. The first-order valence-electron chi connectivity index (χ1n) is 5.74. The van der Waals surface area contributed by atoms with E-state index < -0.39 is 29.8 Å². The van der Waals surface area contributed by atoms with Gasteiger partial charge in [0.25, 0.3) is 0 Å². The second-order valence-electron chi connectivity index (χ2n) is 3.82. The Bertz CT molecular complexity index is 383. The molecule has 2 unspecified atom stereocenters. The summed E-state index contributed by atoms with van der Waals surface area (Å²) in [5.41, 5.74) is 0. The quantitative estimate of drug-likeness (QED) is 0.760. The number of halogens is 3. The summed E-state index contributed by atoms with van der Waals surface area (Å²) in [5, 5.41) is 9.81. The average molecular weight is 328 g/mol. The van der Waals surface area contributed by atoms with E-state index in [0.29, 0.717) is 6.61 Å². The van der Waals surface area contributed by atoms with Crippen LogP contribution in [0.5, 0.6) is 0 Å². The molecule has 0 saturated heterocycles. The van der Waals surface area contributed by atoms with E-state index in [-0.39, 0.29) is 10.8 Å². The minimum atomic E-state index is -4.58. The van der Waals surface area contributed by atoms with E-state index in [1.807, 2.05) is 11.4 Å². The topological polar surface area (TPSA) is 62.1 Å². The zero-order valence-corrected chi connectivity index (χ0v) is 12.6. The molecule has 114 valence electrons. The highest BCUT2D eigenvalue weighted by atomic mass is 32.2.